The maximum atomic E-state index is 13.4. The van der Waals surface area contributed by atoms with Gasteiger partial charge in [0.15, 0.2) is 0 Å². The third kappa shape index (κ3) is 1.41. The van der Waals surface area contributed by atoms with Gasteiger partial charge in [-0.25, -0.2) is 0 Å². The van der Waals surface area contributed by atoms with Crippen molar-refractivity contribution >= 4 is 5.91 Å². The summed E-state index contributed by atoms with van der Waals surface area (Å²) < 4.78 is 26.9. The summed E-state index contributed by atoms with van der Waals surface area (Å²) in [5.41, 5.74) is 0.453. The quantitative estimate of drug-likeness (QED) is 0.569. The van der Waals surface area contributed by atoms with Crippen LogP contribution in [0.25, 0.3) is 0 Å². The normalized spacial score (nSPS) is 22.8. The number of carbonyl (C=O) groups excluding carboxylic acids is 1. The van der Waals surface area contributed by atoms with Gasteiger partial charge in [-0.05, 0) is 5.56 Å². The molecule has 4 heteroatoms. The van der Waals surface area contributed by atoms with Gasteiger partial charge >= 0.3 is 5.92 Å². The van der Waals surface area contributed by atoms with E-state index in [2.05, 4.69) is 6.58 Å². The van der Waals surface area contributed by atoms with E-state index in [0.29, 0.717) is 5.56 Å². The van der Waals surface area contributed by atoms with Gasteiger partial charge in [0.25, 0.3) is 5.91 Å². The molecule has 2 nitrogen and oxygen atoms in total. The zero-order chi connectivity index (χ0) is 11.8. The summed E-state index contributed by atoms with van der Waals surface area (Å²) in [7, 11) is 0. The summed E-state index contributed by atoms with van der Waals surface area (Å²) in [6, 6.07) is 7.15. The van der Waals surface area contributed by atoms with Gasteiger partial charge in [0.2, 0.25) is 0 Å². The molecule has 2 rings (SSSR count). The number of amides is 1. The van der Waals surface area contributed by atoms with Crippen LogP contribution < -0.4 is 0 Å². The van der Waals surface area contributed by atoms with E-state index in [0.717, 1.165) is 4.90 Å². The Bertz CT molecular complexity index is 416. The van der Waals surface area contributed by atoms with E-state index < -0.39 is 17.9 Å². The number of carbonyl (C=O) groups is 1. The molecule has 1 amide bonds. The van der Waals surface area contributed by atoms with Crippen LogP contribution >= 0.6 is 0 Å². The van der Waals surface area contributed by atoms with E-state index in [-0.39, 0.29) is 6.54 Å². The number of benzene rings is 1. The third-order valence-corrected chi connectivity index (χ3v) is 2.64. The number of alkyl halides is 2. The standard InChI is InChI=1S/C12H11F2NO/c1-2-8-15-10(12(13,14)11(15)16)9-6-4-3-5-7-9/h2-7,10H,1,8H2. The minimum absolute atomic E-state index is 0.147. The van der Waals surface area contributed by atoms with Crippen molar-refractivity contribution in [1.82, 2.24) is 4.90 Å². The molecule has 1 fully saturated rings. The van der Waals surface area contributed by atoms with Crippen molar-refractivity contribution in [1.29, 1.82) is 0 Å². The van der Waals surface area contributed by atoms with Crippen molar-refractivity contribution < 1.29 is 13.6 Å². The zero-order valence-electron chi connectivity index (χ0n) is 8.57. The van der Waals surface area contributed by atoms with Gasteiger partial charge < -0.3 is 4.90 Å². The first-order valence-corrected chi connectivity index (χ1v) is 4.93. The average Bonchev–Trinajstić information content (AvgIpc) is 2.29. The van der Waals surface area contributed by atoms with Crippen molar-refractivity contribution in [2.45, 2.75) is 12.0 Å². The minimum Gasteiger partial charge on any atom is -0.320 e. The van der Waals surface area contributed by atoms with Gasteiger partial charge in [0, 0.05) is 6.54 Å². The van der Waals surface area contributed by atoms with Crippen molar-refractivity contribution in [3.05, 3.63) is 48.6 Å². The van der Waals surface area contributed by atoms with Crippen LogP contribution in [-0.2, 0) is 4.79 Å². The van der Waals surface area contributed by atoms with Crippen LogP contribution in [0.2, 0.25) is 0 Å². The van der Waals surface area contributed by atoms with Crippen LogP contribution in [0.15, 0.2) is 43.0 Å². The number of β-lactam (4-membered cyclic amide) rings is 1. The molecule has 1 unspecified atom stereocenters. The van der Waals surface area contributed by atoms with Crippen LogP contribution in [0.3, 0.4) is 0 Å². The first-order chi connectivity index (χ1) is 7.59. The molecular weight excluding hydrogens is 212 g/mol. The first kappa shape index (κ1) is 10.8. The molecule has 1 saturated heterocycles. The lowest BCUT2D eigenvalue weighted by Gasteiger charge is -2.46. The fourth-order valence-electron chi connectivity index (χ4n) is 1.91. The molecule has 0 aliphatic carbocycles. The SMILES string of the molecule is C=CCN1C(=O)C(F)(F)C1c1ccccc1. The second-order valence-corrected chi connectivity index (χ2v) is 3.68. The Kier molecular flexibility index (Phi) is 2.50. The average molecular weight is 223 g/mol. The smallest absolute Gasteiger partial charge is 0.320 e. The van der Waals surface area contributed by atoms with Gasteiger partial charge in [-0.15, -0.1) is 6.58 Å². The highest BCUT2D eigenvalue weighted by atomic mass is 19.3. The predicted molar refractivity (Wildman–Crippen MR) is 56.0 cm³/mol. The van der Waals surface area contributed by atoms with Crippen LogP contribution in [0.1, 0.15) is 11.6 Å². The third-order valence-electron chi connectivity index (χ3n) is 2.64. The maximum absolute atomic E-state index is 13.4. The van der Waals surface area contributed by atoms with E-state index >= 15 is 0 Å². The number of hydrogen-bond acceptors (Lipinski definition) is 1. The molecule has 16 heavy (non-hydrogen) atoms. The number of halogens is 2. The maximum Gasteiger partial charge on any atom is 0.348 e. The second-order valence-electron chi connectivity index (χ2n) is 3.68. The molecule has 1 atom stereocenters. The first-order valence-electron chi connectivity index (χ1n) is 4.93. The highest BCUT2D eigenvalue weighted by Gasteiger charge is 2.63. The van der Waals surface area contributed by atoms with Gasteiger partial charge in [-0.1, -0.05) is 36.4 Å². The molecule has 0 saturated carbocycles. The Labute approximate surface area is 92.2 Å². The van der Waals surface area contributed by atoms with E-state index in [1.54, 1.807) is 30.3 Å². The molecule has 0 spiro atoms. The minimum atomic E-state index is -3.29. The summed E-state index contributed by atoms with van der Waals surface area (Å²) in [6.45, 7) is 3.60. The fourth-order valence-corrected chi connectivity index (χ4v) is 1.91. The predicted octanol–water partition coefficient (Wildman–Crippen LogP) is 2.39. The number of rotatable bonds is 3. The van der Waals surface area contributed by atoms with Crippen molar-refractivity contribution in [2.24, 2.45) is 0 Å². The summed E-state index contributed by atoms with van der Waals surface area (Å²) in [4.78, 5) is 12.3. The summed E-state index contributed by atoms with van der Waals surface area (Å²) in [5, 5.41) is 0. The Hall–Kier alpha value is -1.71. The van der Waals surface area contributed by atoms with Crippen LogP contribution in [0.5, 0.6) is 0 Å². The van der Waals surface area contributed by atoms with E-state index in [1.165, 1.54) is 6.08 Å². The summed E-state index contributed by atoms with van der Waals surface area (Å²) >= 11 is 0. The Morgan fingerprint density at radius 2 is 2.00 bits per heavy atom. The molecule has 1 aliphatic rings. The number of hydrogen-bond donors (Lipinski definition) is 0. The van der Waals surface area contributed by atoms with Gasteiger partial charge in [-0.2, -0.15) is 8.78 Å². The molecule has 0 aromatic heterocycles. The number of likely N-dealkylation sites (tertiary alicyclic amines) is 1. The van der Waals surface area contributed by atoms with E-state index in [4.69, 9.17) is 0 Å². The molecule has 1 heterocycles. The lowest BCUT2D eigenvalue weighted by molar-refractivity contribution is -0.204. The Morgan fingerprint density at radius 3 is 2.56 bits per heavy atom. The molecule has 0 bridgehead atoms. The number of nitrogens with zero attached hydrogens (tertiary/aromatic N) is 1. The van der Waals surface area contributed by atoms with Crippen LogP contribution in [0.4, 0.5) is 8.78 Å². The van der Waals surface area contributed by atoms with Crippen LogP contribution in [0, 0.1) is 0 Å². The molecule has 0 radical (unpaired) electrons. The van der Waals surface area contributed by atoms with E-state index in [1.807, 2.05) is 0 Å². The molecular formula is C12H11F2NO. The highest BCUT2D eigenvalue weighted by Crippen LogP contribution is 2.46. The molecule has 84 valence electrons. The largest absolute Gasteiger partial charge is 0.348 e. The lowest BCUT2D eigenvalue weighted by Crippen LogP contribution is -2.63. The Balaban J connectivity index is 2.31. The highest BCUT2D eigenvalue weighted by molar-refractivity contribution is 5.91. The fraction of sp³-hybridized carbons (Fsp3) is 0.250. The van der Waals surface area contributed by atoms with Crippen molar-refractivity contribution in [2.75, 3.05) is 6.54 Å². The van der Waals surface area contributed by atoms with Crippen molar-refractivity contribution in [3.8, 4) is 0 Å². The monoisotopic (exact) mass is 223 g/mol. The van der Waals surface area contributed by atoms with Gasteiger partial charge in [0.1, 0.15) is 6.04 Å². The summed E-state index contributed by atoms with van der Waals surface area (Å²) in [6.07, 6.45) is 1.45. The van der Waals surface area contributed by atoms with Crippen molar-refractivity contribution in [3.63, 3.8) is 0 Å². The molecule has 0 N–H and O–H groups in total. The lowest BCUT2D eigenvalue weighted by atomic mass is 9.90. The van der Waals surface area contributed by atoms with Crippen LogP contribution in [-0.4, -0.2) is 23.3 Å². The Morgan fingerprint density at radius 1 is 1.38 bits per heavy atom. The van der Waals surface area contributed by atoms with Gasteiger partial charge in [0.05, 0.1) is 0 Å². The molecule has 1 aromatic carbocycles. The van der Waals surface area contributed by atoms with E-state index in [9.17, 15) is 13.6 Å². The zero-order valence-corrected chi connectivity index (χ0v) is 8.57. The van der Waals surface area contributed by atoms with Gasteiger partial charge in [-0.3, -0.25) is 4.79 Å². The second kappa shape index (κ2) is 3.70. The molecule has 1 aliphatic heterocycles. The summed E-state index contributed by atoms with van der Waals surface area (Å²) in [5.74, 6) is -4.41. The topological polar surface area (TPSA) is 20.3 Å². The molecule has 1 aromatic rings.